The van der Waals surface area contributed by atoms with E-state index < -0.39 is 5.60 Å². The highest BCUT2D eigenvalue weighted by Crippen LogP contribution is 2.35. The molecule has 2 atom stereocenters. The van der Waals surface area contributed by atoms with E-state index in [0.29, 0.717) is 6.54 Å². The van der Waals surface area contributed by atoms with Gasteiger partial charge in [0.1, 0.15) is 6.04 Å². The summed E-state index contributed by atoms with van der Waals surface area (Å²) in [5.74, 6) is 0.0176. The number of rotatable bonds is 4. The van der Waals surface area contributed by atoms with Crippen molar-refractivity contribution in [2.75, 3.05) is 29.9 Å². The molecule has 1 saturated heterocycles. The Labute approximate surface area is 125 Å². The molecule has 3 N–H and O–H groups in total. The fourth-order valence-corrected chi connectivity index (χ4v) is 3.10. The van der Waals surface area contributed by atoms with Gasteiger partial charge in [-0.05, 0) is 38.4 Å². The Morgan fingerprint density at radius 3 is 3.00 bits per heavy atom. The molecule has 3 rings (SSSR count). The zero-order chi connectivity index (χ0) is 15.0. The number of anilines is 2. The quantitative estimate of drug-likeness (QED) is 0.788. The minimum absolute atomic E-state index is 0.0176. The molecule has 5 nitrogen and oxygen atoms in total. The van der Waals surface area contributed by atoms with E-state index >= 15 is 0 Å². The Morgan fingerprint density at radius 1 is 1.52 bits per heavy atom. The summed E-state index contributed by atoms with van der Waals surface area (Å²) in [6.07, 6.45) is 1.77. The smallest absolute Gasteiger partial charge is 0.246 e. The maximum absolute atomic E-state index is 12.0. The van der Waals surface area contributed by atoms with Gasteiger partial charge in [0.15, 0.2) is 0 Å². The second kappa shape index (κ2) is 5.31. The zero-order valence-electron chi connectivity index (χ0n) is 12.6. The average molecular weight is 289 g/mol. The Kier molecular flexibility index (Phi) is 3.63. The first-order valence-electron chi connectivity index (χ1n) is 7.66. The van der Waals surface area contributed by atoms with Crippen LogP contribution >= 0.6 is 0 Å². The molecule has 2 heterocycles. The summed E-state index contributed by atoms with van der Waals surface area (Å²) >= 11 is 0. The van der Waals surface area contributed by atoms with Crippen LogP contribution in [-0.4, -0.2) is 36.2 Å². The fourth-order valence-electron chi connectivity index (χ4n) is 3.10. The number of hydrogen-bond acceptors (Lipinski definition) is 4. The Balaban J connectivity index is 1.80. The third-order valence-corrected chi connectivity index (χ3v) is 4.28. The molecule has 5 heteroatoms. The van der Waals surface area contributed by atoms with Gasteiger partial charge in [-0.2, -0.15) is 0 Å². The van der Waals surface area contributed by atoms with Crippen molar-refractivity contribution in [3.05, 3.63) is 23.8 Å². The number of aliphatic hydroxyl groups is 1. The van der Waals surface area contributed by atoms with Gasteiger partial charge < -0.3 is 20.6 Å². The standard InChI is InChI=1S/C16H23N3O2/c1-3-7-17-14-12-5-4-11(9-13(12)18-15(14)20)19-8-6-16(2,21)10-19/h4-5,9,14,17,21H,3,6-8,10H2,1-2H3,(H,18,20). The Bertz CT molecular complexity index is 556. The number of β-amino-alcohol motifs (C(OH)–C–C–N with tert-alkyl or cyclic N) is 1. The van der Waals surface area contributed by atoms with Crippen LogP contribution in [-0.2, 0) is 4.79 Å². The van der Waals surface area contributed by atoms with E-state index in [4.69, 9.17) is 0 Å². The highest BCUT2D eigenvalue weighted by Gasteiger charge is 2.34. The number of nitrogens with one attached hydrogen (secondary N) is 2. The van der Waals surface area contributed by atoms with Gasteiger partial charge in [-0.15, -0.1) is 0 Å². The molecular weight excluding hydrogens is 266 g/mol. The molecule has 2 aliphatic heterocycles. The number of nitrogens with zero attached hydrogens (tertiary/aromatic N) is 1. The number of carbonyl (C=O) groups is 1. The minimum atomic E-state index is -0.618. The number of amides is 1. The molecule has 0 radical (unpaired) electrons. The molecular formula is C16H23N3O2. The summed E-state index contributed by atoms with van der Waals surface area (Å²) in [4.78, 5) is 14.2. The van der Waals surface area contributed by atoms with E-state index in [1.165, 1.54) is 0 Å². The minimum Gasteiger partial charge on any atom is -0.388 e. The van der Waals surface area contributed by atoms with Crippen LogP contribution in [0.5, 0.6) is 0 Å². The first-order chi connectivity index (χ1) is 10.00. The van der Waals surface area contributed by atoms with Gasteiger partial charge in [-0.1, -0.05) is 13.0 Å². The van der Waals surface area contributed by atoms with Gasteiger partial charge in [0.2, 0.25) is 5.91 Å². The monoisotopic (exact) mass is 289 g/mol. The zero-order valence-corrected chi connectivity index (χ0v) is 12.6. The summed E-state index contributed by atoms with van der Waals surface area (Å²) in [6.45, 7) is 6.26. The summed E-state index contributed by atoms with van der Waals surface area (Å²) < 4.78 is 0. The summed E-state index contributed by atoms with van der Waals surface area (Å²) in [7, 11) is 0. The van der Waals surface area contributed by atoms with Gasteiger partial charge in [0.25, 0.3) is 0 Å². The van der Waals surface area contributed by atoms with Crippen LogP contribution in [0, 0.1) is 0 Å². The van der Waals surface area contributed by atoms with Crippen molar-refractivity contribution in [3.63, 3.8) is 0 Å². The van der Waals surface area contributed by atoms with E-state index in [-0.39, 0.29) is 11.9 Å². The number of benzene rings is 1. The Morgan fingerprint density at radius 2 is 2.33 bits per heavy atom. The second-order valence-corrected chi connectivity index (χ2v) is 6.32. The molecule has 2 aliphatic rings. The van der Waals surface area contributed by atoms with Crippen molar-refractivity contribution in [1.82, 2.24) is 5.32 Å². The molecule has 114 valence electrons. The lowest BCUT2D eigenvalue weighted by Crippen LogP contribution is -2.29. The maximum atomic E-state index is 12.0. The summed E-state index contributed by atoms with van der Waals surface area (Å²) in [5.41, 5.74) is 2.34. The van der Waals surface area contributed by atoms with Gasteiger partial charge in [0.05, 0.1) is 5.60 Å². The van der Waals surface area contributed by atoms with Crippen molar-refractivity contribution in [3.8, 4) is 0 Å². The summed E-state index contributed by atoms with van der Waals surface area (Å²) in [5, 5.41) is 16.3. The van der Waals surface area contributed by atoms with Crippen molar-refractivity contribution >= 4 is 17.3 Å². The van der Waals surface area contributed by atoms with E-state index in [2.05, 4.69) is 22.5 Å². The van der Waals surface area contributed by atoms with Crippen molar-refractivity contribution in [2.24, 2.45) is 0 Å². The Hall–Kier alpha value is -1.59. The molecule has 2 unspecified atom stereocenters. The molecule has 0 aliphatic carbocycles. The molecule has 0 saturated carbocycles. The van der Waals surface area contributed by atoms with Crippen molar-refractivity contribution < 1.29 is 9.90 Å². The molecule has 1 aromatic rings. The molecule has 0 bridgehead atoms. The van der Waals surface area contributed by atoms with Gasteiger partial charge >= 0.3 is 0 Å². The van der Waals surface area contributed by atoms with E-state index in [1.54, 1.807) is 0 Å². The van der Waals surface area contributed by atoms with Gasteiger partial charge in [-0.3, -0.25) is 4.79 Å². The van der Waals surface area contributed by atoms with Gasteiger partial charge in [0, 0.05) is 30.0 Å². The highest BCUT2D eigenvalue weighted by molar-refractivity contribution is 6.03. The first-order valence-corrected chi connectivity index (χ1v) is 7.66. The van der Waals surface area contributed by atoms with E-state index in [0.717, 1.165) is 42.9 Å². The number of carbonyl (C=O) groups excluding carboxylic acids is 1. The third kappa shape index (κ3) is 2.76. The highest BCUT2D eigenvalue weighted by atomic mass is 16.3. The molecule has 1 aromatic carbocycles. The SMILES string of the molecule is CCCNC1C(=O)Nc2cc(N3CCC(C)(O)C3)ccc21. The summed E-state index contributed by atoms with van der Waals surface area (Å²) in [6, 6.07) is 5.84. The second-order valence-electron chi connectivity index (χ2n) is 6.32. The molecule has 1 fully saturated rings. The molecule has 0 aromatic heterocycles. The maximum Gasteiger partial charge on any atom is 0.246 e. The predicted octanol–water partition coefficient (Wildman–Crippen LogP) is 1.64. The van der Waals surface area contributed by atoms with Crippen LogP contribution in [0.15, 0.2) is 18.2 Å². The normalized spacial score (nSPS) is 27.9. The van der Waals surface area contributed by atoms with Crippen LogP contribution in [0.25, 0.3) is 0 Å². The van der Waals surface area contributed by atoms with E-state index in [9.17, 15) is 9.90 Å². The third-order valence-electron chi connectivity index (χ3n) is 4.28. The molecule has 0 spiro atoms. The van der Waals surface area contributed by atoms with Crippen LogP contribution in [0.2, 0.25) is 0 Å². The average Bonchev–Trinajstić information content (AvgIpc) is 2.95. The fraction of sp³-hybridized carbons (Fsp3) is 0.562. The number of hydrogen-bond donors (Lipinski definition) is 3. The van der Waals surface area contributed by atoms with E-state index in [1.807, 2.05) is 25.1 Å². The van der Waals surface area contributed by atoms with Crippen LogP contribution in [0.3, 0.4) is 0 Å². The lowest BCUT2D eigenvalue weighted by Gasteiger charge is -2.21. The predicted molar refractivity (Wildman–Crippen MR) is 83.6 cm³/mol. The van der Waals surface area contributed by atoms with Crippen LogP contribution < -0.4 is 15.5 Å². The van der Waals surface area contributed by atoms with Gasteiger partial charge in [-0.25, -0.2) is 0 Å². The lowest BCUT2D eigenvalue weighted by atomic mass is 10.1. The lowest BCUT2D eigenvalue weighted by molar-refractivity contribution is -0.117. The van der Waals surface area contributed by atoms with Crippen molar-refractivity contribution in [2.45, 2.75) is 38.3 Å². The largest absolute Gasteiger partial charge is 0.388 e. The topological polar surface area (TPSA) is 64.6 Å². The van der Waals surface area contributed by atoms with Crippen molar-refractivity contribution in [1.29, 1.82) is 0 Å². The molecule has 1 amide bonds. The van der Waals surface area contributed by atoms with Crippen LogP contribution in [0.4, 0.5) is 11.4 Å². The molecule has 21 heavy (non-hydrogen) atoms. The first kappa shape index (κ1) is 14.4. The van der Waals surface area contributed by atoms with Crippen LogP contribution in [0.1, 0.15) is 38.3 Å². The number of fused-ring (bicyclic) bond motifs is 1.